The number of aryl methyl sites for hydroxylation is 1. The van der Waals surface area contributed by atoms with Gasteiger partial charge >= 0.3 is 0 Å². The lowest BCUT2D eigenvalue weighted by Gasteiger charge is -2.06. The van der Waals surface area contributed by atoms with Gasteiger partial charge in [-0.05, 0) is 43.3 Å². The van der Waals surface area contributed by atoms with Crippen molar-refractivity contribution in [2.24, 2.45) is 0 Å². The first kappa shape index (κ1) is 12.8. The summed E-state index contributed by atoms with van der Waals surface area (Å²) in [6, 6.07) is 14.3. The number of carbonyl (C=O) groups excluding carboxylic acids is 2. The van der Waals surface area contributed by atoms with E-state index < -0.39 is 0 Å². The summed E-state index contributed by atoms with van der Waals surface area (Å²) in [6.07, 6.45) is 0.599. The van der Waals surface area contributed by atoms with Crippen LogP contribution >= 0.6 is 0 Å². The first-order valence-electron chi connectivity index (χ1n) is 5.87. The van der Waals surface area contributed by atoms with Crippen molar-refractivity contribution in [3.63, 3.8) is 0 Å². The maximum absolute atomic E-state index is 12.0. The van der Waals surface area contributed by atoms with Crippen LogP contribution in [0.25, 0.3) is 0 Å². The van der Waals surface area contributed by atoms with E-state index in [2.05, 4.69) is 10.6 Å². The number of rotatable bonds is 4. The van der Waals surface area contributed by atoms with Gasteiger partial charge in [0.15, 0.2) is 0 Å². The number of benzene rings is 2. The Morgan fingerprint density at radius 2 is 1.53 bits per heavy atom. The van der Waals surface area contributed by atoms with Gasteiger partial charge in [0.2, 0.25) is 6.41 Å². The molecule has 0 aromatic heterocycles. The minimum absolute atomic E-state index is 0.179. The van der Waals surface area contributed by atoms with Gasteiger partial charge in [-0.1, -0.05) is 17.7 Å². The molecule has 2 rings (SSSR count). The first-order valence-corrected chi connectivity index (χ1v) is 5.87. The van der Waals surface area contributed by atoms with Crippen molar-refractivity contribution in [1.29, 1.82) is 0 Å². The Morgan fingerprint density at radius 3 is 2.11 bits per heavy atom. The summed E-state index contributed by atoms with van der Waals surface area (Å²) >= 11 is 0. The fourth-order valence-corrected chi connectivity index (χ4v) is 1.63. The average molecular weight is 254 g/mol. The largest absolute Gasteiger partial charge is 0.329 e. The van der Waals surface area contributed by atoms with Crippen LogP contribution in [0.5, 0.6) is 0 Å². The van der Waals surface area contributed by atoms with Crippen LogP contribution in [0.4, 0.5) is 11.4 Å². The van der Waals surface area contributed by atoms with E-state index in [0.29, 0.717) is 17.7 Å². The Morgan fingerprint density at radius 1 is 0.947 bits per heavy atom. The molecule has 0 unspecified atom stereocenters. The molecule has 0 saturated carbocycles. The first-order chi connectivity index (χ1) is 9.19. The molecule has 2 N–H and O–H groups in total. The van der Waals surface area contributed by atoms with Crippen LogP contribution in [0, 0.1) is 6.92 Å². The van der Waals surface area contributed by atoms with E-state index in [1.165, 1.54) is 0 Å². The summed E-state index contributed by atoms with van der Waals surface area (Å²) in [6.45, 7) is 1.99. The molecule has 0 radical (unpaired) electrons. The molecule has 2 amide bonds. The molecule has 0 heterocycles. The summed E-state index contributed by atoms with van der Waals surface area (Å²) in [5, 5.41) is 5.33. The summed E-state index contributed by atoms with van der Waals surface area (Å²) in [5.41, 5.74) is 3.09. The van der Waals surface area contributed by atoms with E-state index >= 15 is 0 Å². The van der Waals surface area contributed by atoms with Crippen molar-refractivity contribution < 1.29 is 9.59 Å². The molecule has 0 atom stereocenters. The summed E-state index contributed by atoms with van der Waals surface area (Å²) < 4.78 is 0. The predicted octanol–water partition coefficient (Wildman–Crippen LogP) is 2.82. The third-order valence-electron chi connectivity index (χ3n) is 2.68. The van der Waals surface area contributed by atoms with Gasteiger partial charge in [0.1, 0.15) is 0 Å². The minimum Gasteiger partial charge on any atom is -0.329 e. The molecule has 2 aromatic rings. The highest BCUT2D eigenvalue weighted by molar-refractivity contribution is 6.04. The Kier molecular flexibility index (Phi) is 3.93. The smallest absolute Gasteiger partial charge is 0.255 e. The highest BCUT2D eigenvalue weighted by atomic mass is 16.1. The van der Waals surface area contributed by atoms with E-state index in [0.717, 1.165) is 11.3 Å². The molecule has 0 aliphatic rings. The van der Waals surface area contributed by atoms with E-state index in [-0.39, 0.29) is 5.91 Å². The maximum Gasteiger partial charge on any atom is 0.255 e. The third kappa shape index (κ3) is 3.42. The Balaban J connectivity index is 2.07. The molecule has 0 saturated heterocycles. The van der Waals surface area contributed by atoms with E-state index in [1.807, 2.05) is 31.2 Å². The lowest BCUT2D eigenvalue weighted by Crippen LogP contribution is -2.11. The topological polar surface area (TPSA) is 58.2 Å². The quantitative estimate of drug-likeness (QED) is 0.824. The molecule has 0 spiro atoms. The lowest BCUT2D eigenvalue weighted by molar-refractivity contribution is -0.105. The van der Waals surface area contributed by atoms with Crippen LogP contribution in [0.15, 0.2) is 48.5 Å². The van der Waals surface area contributed by atoms with Gasteiger partial charge in [-0.15, -0.1) is 0 Å². The molecule has 4 heteroatoms. The van der Waals surface area contributed by atoms with E-state index in [4.69, 9.17) is 0 Å². The molecule has 19 heavy (non-hydrogen) atoms. The van der Waals surface area contributed by atoms with Gasteiger partial charge in [-0.3, -0.25) is 9.59 Å². The van der Waals surface area contributed by atoms with Crippen molar-refractivity contribution in [3.8, 4) is 0 Å². The second kappa shape index (κ2) is 5.82. The molecule has 0 aliphatic heterocycles. The fraction of sp³-hybridized carbons (Fsp3) is 0.0667. The fourth-order valence-electron chi connectivity index (χ4n) is 1.63. The van der Waals surface area contributed by atoms with Crippen LogP contribution < -0.4 is 10.6 Å². The average Bonchev–Trinajstić information content (AvgIpc) is 2.42. The monoisotopic (exact) mass is 254 g/mol. The van der Waals surface area contributed by atoms with E-state index in [1.54, 1.807) is 24.3 Å². The van der Waals surface area contributed by atoms with Crippen molar-refractivity contribution in [2.45, 2.75) is 6.92 Å². The molecule has 0 aliphatic carbocycles. The Labute approximate surface area is 111 Å². The van der Waals surface area contributed by atoms with Crippen molar-refractivity contribution in [2.75, 3.05) is 10.6 Å². The number of carbonyl (C=O) groups is 2. The molecular formula is C15H14N2O2. The lowest BCUT2D eigenvalue weighted by atomic mass is 10.2. The van der Waals surface area contributed by atoms with Gasteiger partial charge < -0.3 is 10.6 Å². The van der Waals surface area contributed by atoms with Gasteiger partial charge in [-0.2, -0.15) is 0 Å². The third-order valence-corrected chi connectivity index (χ3v) is 2.68. The number of hydrogen-bond acceptors (Lipinski definition) is 2. The predicted molar refractivity (Wildman–Crippen MR) is 75.3 cm³/mol. The molecule has 4 nitrogen and oxygen atoms in total. The Hall–Kier alpha value is -2.62. The van der Waals surface area contributed by atoms with Gasteiger partial charge in [0.25, 0.3) is 5.91 Å². The molecular weight excluding hydrogens is 240 g/mol. The van der Waals surface area contributed by atoms with Crippen LogP contribution in [0.3, 0.4) is 0 Å². The van der Waals surface area contributed by atoms with Crippen LogP contribution in [0.2, 0.25) is 0 Å². The van der Waals surface area contributed by atoms with E-state index in [9.17, 15) is 9.59 Å². The van der Waals surface area contributed by atoms with Crippen LogP contribution in [-0.4, -0.2) is 12.3 Å². The van der Waals surface area contributed by atoms with Crippen molar-refractivity contribution in [1.82, 2.24) is 0 Å². The number of nitrogens with one attached hydrogen (secondary N) is 2. The van der Waals surface area contributed by atoms with Gasteiger partial charge in [0.05, 0.1) is 0 Å². The zero-order valence-corrected chi connectivity index (χ0v) is 10.5. The highest BCUT2D eigenvalue weighted by Gasteiger charge is 2.05. The number of amides is 2. The van der Waals surface area contributed by atoms with Crippen LogP contribution in [0.1, 0.15) is 15.9 Å². The second-order valence-electron chi connectivity index (χ2n) is 4.16. The second-order valence-corrected chi connectivity index (χ2v) is 4.16. The highest BCUT2D eigenvalue weighted by Crippen LogP contribution is 2.13. The van der Waals surface area contributed by atoms with Crippen molar-refractivity contribution in [3.05, 3.63) is 59.7 Å². The standard InChI is InChI=1S/C15H14N2O2/c1-11-2-6-14(7-3-11)17-15(19)12-4-8-13(9-5-12)16-10-18/h2-10H,1H3,(H,16,18)(H,17,19). The normalized spacial score (nSPS) is 9.74. The molecule has 2 aromatic carbocycles. The van der Waals surface area contributed by atoms with Gasteiger partial charge in [-0.25, -0.2) is 0 Å². The summed E-state index contributed by atoms with van der Waals surface area (Å²) in [5.74, 6) is -0.179. The van der Waals surface area contributed by atoms with Crippen molar-refractivity contribution >= 4 is 23.7 Å². The number of hydrogen-bond donors (Lipinski definition) is 2. The molecule has 0 bridgehead atoms. The summed E-state index contributed by atoms with van der Waals surface area (Å²) in [7, 11) is 0. The Bertz CT molecular complexity index is 574. The van der Waals surface area contributed by atoms with Gasteiger partial charge in [0, 0.05) is 16.9 Å². The maximum atomic E-state index is 12.0. The zero-order valence-electron chi connectivity index (χ0n) is 10.5. The number of anilines is 2. The molecule has 96 valence electrons. The SMILES string of the molecule is Cc1ccc(NC(=O)c2ccc(NC=O)cc2)cc1. The summed E-state index contributed by atoms with van der Waals surface area (Å²) in [4.78, 5) is 22.2. The van der Waals surface area contributed by atoms with Crippen LogP contribution in [-0.2, 0) is 4.79 Å². The zero-order chi connectivity index (χ0) is 13.7. The minimum atomic E-state index is -0.179. The molecule has 0 fully saturated rings.